The van der Waals surface area contributed by atoms with E-state index in [1.165, 1.54) is 16.9 Å². The molecule has 2 aliphatic rings. The van der Waals surface area contributed by atoms with Crippen molar-refractivity contribution in [3.63, 3.8) is 0 Å². The van der Waals surface area contributed by atoms with Gasteiger partial charge < -0.3 is 9.88 Å². The maximum absolute atomic E-state index is 12.4. The zero-order valence-electron chi connectivity index (χ0n) is 16.2. The lowest BCUT2D eigenvalue weighted by atomic mass is 10.1. The Morgan fingerprint density at radius 1 is 1.23 bits per heavy atom. The van der Waals surface area contributed by atoms with Crippen LogP contribution in [0.25, 0.3) is 16.5 Å². The molecule has 1 aliphatic heterocycles. The van der Waals surface area contributed by atoms with Gasteiger partial charge in [0.15, 0.2) is 5.13 Å². The monoisotopic (exact) mass is 440 g/mol. The topological polar surface area (TPSA) is 88.9 Å². The maximum atomic E-state index is 12.4. The number of pyridine rings is 2. The van der Waals surface area contributed by atoms with Crippen molar-refractivity contribution in [3.8, 4) is 6.07 Å². The predicted octanol–water partition coefficient (Wildman–Crippen LogP) is 3.04. The number of aromatic nitrogens is 3. The van der Waals surface area contributed by atoms with Crippen LogP contribution in [-0.4, -0.2) is 52.1 Å². The molecule has 9 heteroatoms. The number of nitrogens with one attached hydrogen (secondary N) is 1. The van der Waals surface area contributed by atoms with Crippen LogP contribution >= 0.6 is 23.7 Å². The van der Waals surface area contributed by atoms with Crippen LogP contribution < -0.4 is 10.5 Å². The van der Waals surface area contributed by atoms with E-state index in [1.54, 1.807) is 24.5 Å². The first-order chi connectivity index (χ1) is 14.2. The summed E-state index contributed by atoms with van der Waals surface area (Å²) in [6, 6.07) is 8.12. The molecule has 0 aromatic carbocycles. The van der Waals surface area contributed by atoms with E-state index in [0.29, 0.717) is 16.3 Å². The highest BCUT2D eigenvalue weighted by molar-refractivity contribution is 7.16. The van der Waals surface area contributed by atoms with Crippen molar-refractivity contribution in [2.24, 2.45) is 0 Å². The number of nitriles is 1. The smallest absolute Gasteiger partial charge is 0.257 e. The number of hydrogen-bond acceptors (Lipinski definition) is 7. The van der Waals surface area contributed by atoms with Crippen LogP contribution in [0.2, 0.25) is 0 Å². The van der Waals surface area contributed by atoms with E-state index in [0.717, 1.165) is 55.4 Å². The van der Waals surface area contributed by atoms with Gasteiger partial charge in [0.1, 0.15) is 10.9 Å². The van der Waals surface area contributed by atoms with E-state index in [4.69, 9.17) is 5.26 Å². The van der Waals surface area contributed by atoms with Gasteiger partial charge in [-0.2, -0.15) is 5.26 Å². The number of aromatic amines is 1. The lowest BCUT2D eigenvalue weighted by molar-refractivity contribution is 0.214. The van der Waals surface area contributed by atoms with Gasteiger partial charge in [0.2, 0.25) is 0 Å². The minimum Gasteiger partial charge on any atom is -0.345 e. The number of anilines is 1. The summed E-state index contributed by atoms with van der Waals surface area (Å²) in [5.74, 6) is 0. The Balaban J connectivity index is 0.00000218. The molecule has 154 valence electrons. The lowest BCUT2D eigenvalue weighted by Crippen LogP contribution is -2.49. The summed E-state index contributed by atoms with van der Waals surface area (Å²) in [5.41, 5.74) is 2.74. The van der Waals surface area contributed by atoms with Crippen LogP contribution in [0.15, 0.2) is 41.5 Å². The number of nitrogens with zero attached hydrogens (tertiary/aromatic N) is 5. The molecule has 0 radical (unpaired) electrons. The SMILES string of the molecule is Cl.N#Cc1cnc(N2CCN([C@H]3C=C(c4cc5ncccc5c(=O)[nH]4)CC3)CC2)s1. The summed E-state index contributed by atoms with van der Waals surface area (Å²) < 4.78 is 0. The highest BCUT2D eigenvalue weighted by Gasteiger charge is 2.27. The zero-order valence-corrected chi connectivity index (χ0v) is 17.9. The summed E-state index contributed by atoms with van der Waals surface area (Å²) in [6.45, 7) is 3.75. The number of piperazine rings is 1. The lowest BCUT2D eigenvalue weighted by Gasteiger charge is -2.37. The fraction of sp³-hybridized carbons (Fsp3) is 0.333. The molecule has 1 fully saturated rings. The van der Waals surface area contributed by atoms with Gasteiger partial charge in [0, 0.05) is 44.1 Å². The summed E-state index contributed by atoms with van der Waals surface area (Å²) >= 11 is 1.46. The molecular weight excluding hydrogens is 420 g/mol. The van der Waals surface area contributed by atoms with E-state index in [1.807, 2.05) is 6.07 Å². The van der Waals surface area contributed by atoms with Crippen LogP contribution in [0.5, 0.6) is 0 Å². The van der Waals surface area contributed by atoms with E-state index >= 15 is 0 Å². The summed E-state index contributed by atoms with van der Waals surface area (Å²) in [5, 5.41) is 10.6. The Hall–Kier alpha value is -2.73. The van der Waals surface area contributed by atoms with Crippen molar-refractivity contribution in [1.82, 2.24) is 19.9 Å². The number of halogens is 1. The van der Waals surface area contributed by atoms with Gasteiger partial charge in [-0.3, -0.25) is 14.7 Å². The molecule has 30 heavy (non-hydrogen) atoms. The molecule has 3 aromatic heterocycles. The van der Waals surface area contributed by atoms with Gasteiger partial charge in [0.05, 0.1) is 17.1 Å². The van der Waals surface area contributed by atoms with Gasteiger partial charge in [-0.15, -0.1) is 12.4 Å². The van der Waals surface area contributed by atoms with Gasteiger partial charge in [0.25, 0.3) is 5.56 Å². The molecule has 4 heterocycles. The second kappa shape index (κ2) is 8.56. The van der Waals surface area contributed by atoms with E-state index in [2.05, 4.69) is 36.9 Å². The molecule has 0 saturated carbocycles. The van der Waals surface area contributed by atoms with Gasteiger partial charge in [-0.25, -0.2) is 4.98 Å². The molecule has 1 saturated heterocycles. The summed E-state index contributed by atoms with van der Waals surface area (Å²) in [6.07, 6.45) is 7.69. The van der Waals surface area contributed by atoms with Crippen LogP contribution in [0.4, 0.5) is 5.13 Å². The third-order valence-corrected chi connectivity index (χ3v) is 6.68. The third kappa shape index (κ3) is 3.84. The first-order valence-corrected chi connectivity index (χ1v) is 10.6. The van der Waals surface area contributed by atoms with Gasteiger partial charge in [-0.1, -0.05) is 17.4 Å². The molecule has 1 atom stereocenters. The first kappa shape index (κ1) is 20.5. The Morgan fingerprint density at radius 2 is 2.07 bits per heavy atom. The van der Waals surface area contributed by atoms with Crippen molar-refractivity contribution in [1.29, 1.82) is 5.26 Å². The number of rotatable bonds is 3. The molecule has 7 nitrogen and oxygen atoms in total. The Labute approximate surface area is 184 Å². The van der Waals surface area contributed by atoms with Crippen molar-refractivity contribution in [2.45, 2.75) is 18.9 Å². The minimum atomic E-state index is -0.0799. The molecule has 1 N–H and O–H groups in total. The summed E-state index contributed by atoms with van der Waals surface area (Å²) in [7, 11) is 0. The zero-order chi connectivity index (χ0) is 19.8. The largest absolute Gasteiger partial charge is 0.345 e. The Bertz CT molecular complexity index is 1190. The van der Waals surface area contributed by atoms with Crippen LogP contribution in [0.1, 0.15) is 23.4 Å². The Morgan fingerprint density at radius 3 is 2.83 bits per heavy atom. The van der Waals surface area contributed by atoms with Crippen molar-refractivity contribution < 1.29 is 0 Å². The molecule has 5 rings (SSSR count). The fourth-order valence-electron chi connectivity index (χ4n) is 4.18. The molecule has 1 aliphatic carbocycles. The van der Waals surface area contributed by atoms with Crippen molar-refractivity contribution >= 4 is 45.4 Å². The summed E-state index contributed by atoms with van der Waals surface area (Å²) in [4.78, 5) is 29.5. The van der Waals surface area contributed by atoms with Crippen LogP contribution in [0, 0.1) is 11.3 Å². The average Bonchev–Trinajstić information content (AvgIpc) is 3.44. The second-order valence-corrected chi connectivity index (χ2v) is 8.40. The standard InChI is InChI=1S/C21H20N6OS.ClH/c22-12-16-13-24-21(29-16)27-8-6-26(7-9-27)15-4-3-14(10-15)18-11-19-17(20(28)25-18)2-1-5-23-19;/h1-2,5,10-11,13,15H,3-4,6-9H2,(H,25,28);1H/t15-;/m1./s1. The normalized spacial score (nSPS) is 19.4. The quantitative estimate of drug-likeness (QED) is 0.673. The van der Waals surface area contributed by atoms with Gasteiger partial charge in [-0.05, 0) is 36.6 Å². The second-order valence-electron chi connectivity index (χ2n) is 7.39. The number of hydrogen-bond donors (Lipinski definition) is 1. The number of allylic oxidation sites excluding steroid dienone is 1. The number of H-pyrrole nitrogens is 1. The van der Waals surface area contributed by atoms with Crippen LogP contribution in [-0.2, 0) is 0 Å². The van der Waals surface area contributed by atoms with Crippen molar-refractivity contribution in [2.75, 3.05) is 31.1 Å². The average molecular weight is 441 g/mol. The minimum absolute atomic E-state index is 0. The number of thiazole rings is 1. The third-order valence-electron chi connectivity index (χ3n) is 5.72. The first-order valence-electron chi connectivity index (χ1n) is 9.75. The van der Waals surface area contributed by atoms with Crippen molar-refractivity contribution in [3.05, 3.63) is 57.6 Å². The highest BCUT2D eigenvalue weighted by Crippen LogP contribution is 2.31. The van der Waals surface area contributed by atoms with Gasteiger partial charge >= 0.3 is 0 Å². The molecule has 0 bridgehead atoms. The van der Waals surface area contributed by atoms with E-state index in [9.17, 15) is 4.79 Å². The molecule has 0 unspecified atom stereocenters. The predicted molar refractivity (Wildman–Crippen MR) is 121 cm³/mol. The molecule has 3 aromatic rings. The highest BCUT2D eigenvalue weighted by atomic mass is 35.5. The van der Waals surface area contributed by atoms with E-state index in [-0.39, 0.29) is 18.0 Å². The Kier molecular flexibility index (Phi) is 5.86. The van der Waals surface area contributed by atoms with E-state index < -0.39 is 0 Å². The maximum Gasteiger partial charge on any atom is 0.257 e. The molecular formula is C21H21ClN6OS. The molecule has 0 spiro atoms. The van der Waals surface area contributed by atoms with Crippen LogP contribution in [0.3, 0.4) is 0 Å². The number of fused-ring (bicyclic) bond motifs is 1. The molecule has 0 amide bonds. The fourth-order valence-corrected chi connectivity index (χ4v) is 4.95.